The molecule has 1 aliphatic rings. The van der Waals surface area contributed by atoms with E-state index in [0.29, 0.717) is 55.7 Å². The molecular weight excluding hydrogens is 665 g/mol. The summed E-state index contributed by atoms with van der Waals surface area (Å²) < 4.78 is 13.3. The van der Waals surface area contributed by atoms with Gasteiger partial charge in [0.2, 0.25) is 11.8 Å². The van der Waals surface area contributed by atoms with Gasteiger partial charge < -0.3 is 30.9 Å². The molecule has 0 aliphatic carbocycles. The van der Waals surface area contributed by atoms with Crippen molar-refractivity contribution in [1.29, 1.82) is 0 Å². The first kappa shape index (κ1) is 37.7. The fourth-order valence-electron chi connectivity index (χ4n) is 6.79. The molecule has 4 atom stereocenters. The van der Waals surface area contributed by atoms with Crippen molar-refractivity contribution in [3.05, 3.63) is 138 Å². The SMILES string of the molecule is C[C@H](c1ccc2ccccc2c1)N(C)C[C@@H]1C[C@H](c2ccc(CO)cc2)O[C@H](c2cccc(NC(=O)CCCCCC(=O)Nc3ccccc3N)c2)O1. The Kier molecular flexibility index (Phi) is 12.9. The van der Waals surface area contributed by atoms with Crippen LogP contribution in [0.5, 0.6) is 0 Å². The molecule has 9 heteroatoms. The van der Waals surface area contributed by atoms with Crippen LogP contribution in [0.2, 0.25) is 0 Å². The van der Waals surface area contributed by atoms with Crippen LogP contribution in [0.15, 0.2) is 115 Å². The van der Waals surface area contributed by atoms with Crippen LogP contribution in [0.25, 0.3) is 10.8 Å². The van der Waals surface area contributed by atoms with Crippen molar-refractivity contribution in [2.24, 2.45) is 0 Å². The van der Waals surface area contributed by atoms with Gasteiger partial charge in [0.25, 0.3) is 0 Å². The molecule has 0 bridgehead atoms. The molecule has 0 saturated carbocycles. The quantitative estimate of drug-likeness (QED) is 0.0632. The van der Waals surface area contributed by atoms with E-state index < -0.39 is 6.29 Å². The number of benzene rings is 5. The summed E-state index contributed by atoms with van der Waals surface area (Å²) >= 11 is 0. The fraction of sp³-hybridized carbons (Fsp3) is 0.318. The first-order valence-corrected chi connectivity index (χ1v) is 18.5. The first-order valence-electron chi connectivity index (χ1n) is 18.5. The number of likely N-dealkylation sites (N-methyl/N-ethyl adjacent to an activating group) is 1. The van der Waals surface area contributed by atoms with Gasteiger partial charge in [0.15, 0.2) is 6.29 Å². The maximum atomic E-state index is 12.9. The van der Waals surface area contributed by atoms with Crippen LogP contribution >= 0.6 is 0 Å². The maximum absolute atomic E-state index is 12.9. The highest BCUT2D eigenvalue weighted by molar-refractivity contribution is 5.93. The maximum Gasteiger partial charge on any atom is 0.224 e. The Morgan fingerprint density at radius 2 is 1.51 bits per heavy atom. The van der Waals surface area contributed by atoms with Crippen LogP contribution in [0.3, 0.4) is 0 Å². The number of nitrogen functional groups attached to an aromatic ring is 1. The van der Waals surface area contributed by atoms with Gasteiger partial charge in [-0.2, -0.15) is 0 Å². The van der Waals surface area contributed by atoms with Gasteiger partial charge in [0.1, 0.15) is 0 Å². The van der Waals surface area contributed by atoms with Gasteiger partial charge in [0.05, 0.1) is 30.2 Å². The van der Waals surface area contributed by atoms with Gasteiger partial charge in [0, 0.05) is 43.1 Å². The summed E-state index contributed by atoms with van der Waals surface area (Å²) in [6.07, 6.45) is 2.50. The van der Waals surface area contributed by atoms with Crippen LogP contribution < -0.4 is 16.4 Å². The Morgan fingerprint density at radius 3 is 2.26 bits per heavy atom. The van der Waals surface area contributed by atoms with Crippen LogP contribution in [-0.4, -0.2) is 41.5 Å². The molecule has 0 spiro atoms. The molecule has 1 aliphatic heterocycles. The average molecular weight is 715 g/mol. The molecule has 5 N–H and O–H groups in total. The van der Waals surface area contributed by atoms with Crippen LogP contribution in [0.1, 0.15) is 86.1 Å². The molecule has 6 rings (SSSR count). The van der Waals surface area contributed by atoms with E-state index in [4.69, 9.17) is 15.2 Å². The largest absolute Gasteiger partial charge is 0.397 e. The van der Waals surface area contributed by atoms with E-state index in [-0.39, 0.29) is 36.7 Å². The number of amides is 2. The van der Waals surface area contributed by atoms with E-state index in [1.807, 2.05) is 60.7 Å². The second-order valence-electron chi connectivity index (χ2n) is 13.9. The zero-order valence-electron chi connectivity index (χ0n) is 30.5. The van der Waals surface area contributed by atoms with Gasteiger partial charge in [-0.3, -0.25) is 14.5 Å². The van der Waals surface area contributed by atoms with Gasteiger partial charge >= 0.3 is 0 Å². The van der Waals surface area contributed by atoms with Crippen molar-refractivity contribution in [2.45, 2.75) is 76.6 Å². The van der Waals surface area contributed by atoms with E-state index in [0.717, 1.165) is 23.1 Å². The molecule has 53 heavy (non-hydrogen) atoms. The summed E-state index contributed by atoms with van der Waals surface area (Å²) in [5.74, 6) is -0.174. The number of unbranched alkanes of at least 4 members (excludes halogenated alkanes) is 2. The van der Waals surface area contributed by atoms with Crippen molar-refractivity contribution < 1.29 is 24.2 Å². The standard InChI is InChI=1S/C44H50N4O5/c1-30(34-24-23-32-11-6-7-12-35(32)25-34)48(2)28-38-27-41(33-21-19-31(29-49)20-22-33)53-44(52-38)36-13-10-14-37(26-36)46-42(50)17-4-3-5-18-43(51)47-40-16-9-8-15-39(40)45/h6-16,19-26,30,38,41,44,49H,3-5,17-18,27-29,45H2,1-2H3,(H,46,50)(H,47,51)/t30-,38+,41-,44-/m1/s1. The summed E-state index contributed by atoms with van der Waals surface area (Å²) in [6, 6.07) is 37.9. The third-order valence-corrected chi connectivity index (χ3v) is 10.0. The van der Waals surface area contributed by atoms with Crippen molar-refractivity contribution in [1.82, 2.24) is 4.90 Å². The Balaban J connectivity index is 1.06. The van der Waals surface area contributed by atoms with E-state index in [1.165, 1.54) is 16.3 Å². The third-order valence-electron chi connectivity index (χ3n) is 10.0. The molecule has 1 fully saturated rings. The molecule has 5 aromatic rings. The second kappa shape index (κ2) is 18.1. The number of ether oxygens (including phenoxy) is 2. The van der Waals surface area contributed by atoms with Gasteiger partial charge in [-0.05, 0) is 84.6 Å². The second-order valence-corrected chi connectivity index (χ2v) is 13.9. The normalized spacial score (nSPS) is 17.8. The molecule has 5 aromatic carbocycles. The van der Waals surface area contributed by atoms with Gasteiger partial charge in [-0.25, -0.2) is 0 Å². The van der Waals surface area contributed by atoms with E-state index in [2.05, 4.69) is 72.0 Å². The minimum atomic E-state index is -0.644. The predicted octanol–water partition coefficient (Wildman–Crippen LogP) is 8.68. The zero-order chi connectivity index (χ0) is 37.2. The minimum absolute atomic E-state index is 0.0159. The number of nitrogens with zero attached hydrogens (tertiary/aromatic N) is 1. The number of para-hydroxylation sites is 2. The van der Waals surface area contributed by atoms with E-state index >= 15 is 0 Å². The van der Waals surface area contributed by atoms with Crippen LogP contribution in [0, 0.1) is 0 Å². The number of carbonyl (C=O) groups is 2. The molecule has 1 saturated heterocycles. The lowest BCUT2D eigenvalue weighted by Crippen LogP contribution is -2.38. The monoisotopic (exact) mass is 714 g/mol. The smallest absolute Gasteiger partial charge is 0.224 e. The Morgan fingerprint density at radius 1 is 0.792 bits per heavy atom. The van der Waals surface area contributed by atoms with E-state index in [9.17, 15) is 14.7 Å². The number of fused-ring (bicyclic) bond motifs is 1. The van der Waals surface area contributed by atoms with Crippen LogP contribution in [0.4, 0.5) is 17.1 Å². The molecule has 276 valence electrons. The Hall–Kier alpha value is -5.06. The first-order chi connectivity index (χ1) is 25.7. The number of nitrogens with two attached hydrogens (primary N) is 1. The highest BCUT2D eigenvalue weighted by atomic mass is 16.7. The number of aliphatic hydroxyl groups is 1. The van der Waals surface area contributed by atoms with Gasteiger partial charge in [-0.1, -0.05) is 91.3 Å². The lowest BCUT2D eigenvalue weighted by Gasteiger charge is -2.39. The summed E-state index contributed by atoms with van der Waals surface area (Å²) in [4.78, 5) is 27.5. The molecule has 9 nitrogen and oxygen atoms in total. The topological polar surface area (TPSA) is 126 Å². The highest BCUT2D eigenvalue weighted by Crippen LogP contribution is 2.39. The number of hydrogen-bond acceptors (Lipinski definition) is 7. The summed E-state index contributed by atoms with van der Waals surface area (Å²) in [5, 5.41) is 17.9. The molecular formula is C44H50N4O5. The summed E-state index contributed by atoms with van der Waals surface area (Å²) in [7, 11) is 2.13. The minimum Gasteiger partial charge on any atom is -0.397 e. The van der Waals surface area contributed by atoms with E-state index in [1.54, 1.807) is 12.1 Å². The number of carbonyl (C=O) groups excluding carboxylic acids is 2. The third kappa shape index (κ3) is 10.3. The van der Waals surface area contributed by atoms with Crippen molar-refractivity contribution in [3.63, 3.8) is 0 Å². The molecule has 0 aromatic heterocycles. The predicted molar refractivity (Wildman–Crippen MR) is 211 cm³/mol. The lowest BCUT2D eigenvalue weighted by atomic mass is 9.98. The average Bonchev–Trinajstić information content (AvgIpc) is 3.18. The molecule has 0 radical (unpaired) electrons. The summed E-state index contributed by atoms with van der Waals surface area (Å²) in [5.41, 5.74) is 11.7. The number of anilines is 3. The Labute approximate surface area is 312 Å². The number of aliphatic hydroxyl groups excluding tert-OH is 1. The van der Waals surface area contributed by atoms with Crippen molar-refractivity contribution >= 4 is 39.6 Å². The van der Waals surface area contributed by atoms with Crippen molar-refractivity contribution in [3.8, 4) is 0 Å². The number of hydrogen-bond donors (Lipinski definition) is 4. The molecule has 1 heterocycles. The zero-order valence-corrected chi connectivity index (χ0v) is 30.5. The lowest BCUT2D eigenvalue weighted by molar-refractivity contribution is -0.253. The molecule has 0 unspecified atom stereocenters. The van der Waals surface area contributed by atoms with Crippen molar-refractivity contribution in [2.75, 3.05) is 30.0 Å². The highest BCUT2D eigenvalue weighted by Gasteiger charge is 2.33. The summed E-state index contributed by atoms with van der Waals surface area (Å²) in [6.45, 7) is 2.90. The number of rotatable bonds is 15. The Bertz CT molecular complexity index is 1980. The number of nitrogens with one attached hydrogen (secondary N) is 2. The fourth-order valence-corrected chi connectivity index (χ4v) is 6.79. The molecule has 2 amide bonds. The van der Waals surface area contributed by atoms with Crippen LogP contribution in [-0.2, 0) is 25.7 Å². The van der Waals surface area contributed by atoms with Gasteiger partial charge in [-0.15, -0.1) is 0 Å².